The maximum absolute atomic E-state index is 13.4. The van der Waals surface area contributed by atoms with Crippen LogP contribution in [0.2, 0.25) is 0 Å². The number of primary amides is 1. The summed E-state index contributed by atoms with van der Waals surface area (Å²) in [5, 5.41) is 10.4. The molecule has 1 aliphatic heterocycles. The highest BCUT2D eigenvalue weighted by atomic mass is 127. The van der Waals surface area contributed by atoms with Crippen LogP contribution in [0.5, 0.6) is 0 Å². The summed E-state index contributed by atoms with van der Waals surface area (Å²) in [7, 11) is 0. The molecular formula is C36H53IN6O9S2. The normalized spacial score (nSPS) is 15.1. The Morgan fingerprint density at radius 3 is 2.30 bits per heavy atom. The van der Waals surface area contributed by atoms with Gasteiger partial charge in [0.25, 0.3) is 0 Å². The molecule has 1 aromatic rings. The third-order valence-corrected chi connectivity index (χ3v) is 11.0. The first-order valence-corrected chi connectivity index (χ1v) is 21.3. The van der Waals surface area contributed by atoms with Crippen LogP contribution >= 0.6 is 46.1 Å². The summed E-state index contributed by atoms with van der Waals surface area (Å²) >= 11 is 4.75. The van der Waals surface area contributed by atoms with Gasteiger partial charge in [0.2, 0.25) is 29.5 Å². The van der Waals surface area contributed by atoms with Crippen molar-refractivity contribution < 1.29 is 43.1 Å². The maximum atomic E-state index is 13.4. The summed E-state index contributed by atoms with van der Waals surface area (Å²) in [5.74, 6) is 0.622. The van der Waals surface area contributed by atoms with Crippen LogP contribution in [0.1, 0.15) is 84.1 Å². The number of nitrogens with two attached hydrogens (primary N) is 1. The number of ketones is 1. The van der Waals surface area contributed by atoms with Crippen LogP contribution in [0, 0.1) is 5.92 Å². The number of benzene rings is 1. The van der Waals surface area contributed by atoms with Crippen LogP contribution in [0.4, 0.5) is 15.3 Å². The number of unbranched alkanes of at least 4 members (excludes halogenated alkanes) is 2. The van der Waals surface area contributed by atoms with Gasteiger partial charge in [0, 0.05) is 43.8 Å². The number of thioether (sulfide) groups is 2. The largest absolute Gasteiger partial charge is 0.453 e. The topological polar surface area (TPSA) is 223 Å². The summed E-state index contributed by atoms with van der Waals surface area (Å²) in [6.45, 7) is 5.70. The zero-order chi connectivity index (χ0) is 40.0. The SMILES string of the molecule is CC(=O)CCSCCCSC1CC(=O)N(CCCCCC(=O)N[C@H](C(=O)N[C@@H](CCCNC(N)=O)C(=O)Nc2ccc(COC(=O)I)cc2)C(C)C)C1=O. The average molecular weight is 905 g/mol. The molecule has 1 fully saturated rings. The van der Waals surface area contributed by atoms with Gasteiger partial charge in [0.15, 0.2) is 0 Å². The van der Waals surface area contributed by atoms with E-state index in [4.69, 9.17) is 10.5 Å². The van der Waals surface area contributed by atoms with Crippen LogP contribution < -0.4 is 27.0 Å². The molecule has 0 saturated carbocycles. The molecule has 300 valence electrons. The van der Waals surface area contributed by atoms with E-state index in [2.05, 4.69) is 21.3 Å². The Balaban J connectivity index is 1.83. The molecule has 0 bridgehead atoms. The van der Waals surface area contributed by atoms with E-state index >= 15 is 0 Å². The van der Waals surface area contributed by atoms with E-state index in [0.717, 1.165) is 29.2 Å². The Hall–Kier alpha value is -3.39. The molecule has 2 rings (SSSR count). The Morgan fingerprint density at radius 2 is 1.65 bits per heavy atom. The average Bonchev–Trinajstić information content (AvgIpc) is 3.37. The number of ether oxygens (including phenoxy) is 1. The highest BCUT2D eigenvalue weighted by molar-refractivity contribution is 14.1. The number of nitrogens with one attached hydrogen (secondary N) is 4. The van der Waals surface area contributed by atoms with Crippen molar-refractivity contribution in [2.75, 3.05) is 35.7 Å². The number of carbonyl (C=O) groups is 8. The second kappa shape index (κ2) is 25.6. The summed E-state index contributed by atoms with van der Waals surface area (Å²) in [6.07, 6.45) is 3.94. The minimum absolute atomic E-state index is 0.0801. The molecule has 1 aromatic carbocycles. The summed E-state index contributed by atoms with van der Waals surface area (Å²) in [4.78, 5) is 99.5. The maximum Gasteiger partial charge on any atom is 0.367 e. The zero-order valence-corrected chi connectivity index (χ0v) is 34.9. The standard InChI is InChI=1S/C36H53IN6O9S2/c1-23(2)31(33(48)41-27(9-7-16-39-36(38)51)32(47)40-26-13-11-25(12-14-26)22-52-35(37)50)42-29(45)10-5-4-6-17-43-30(46)21-28(34(43)49)54-19-8-18-53-20-15-24(3)44/h11-14,23,27-28,31H,4-10,15-22H2,1-3H3,(H,40,47)(H,41,48)(H,42,45)(H3,38,39,51)/t27-,28?,31-/m0/s1. The van der Waals surface area contributed by atoms with E-state index in [-0.39, 0.29) is 67.1 Å². The van der Waals surface area contributed by atoms with Gasteiger partial charge in [-0.3, -0.25) is 33.7 Å². The predicted molar refractivity (Wildman–Crippen MR) is 218 cm³/mol. The molecule has 0 radical (unpaired) electrons. The molecule has 15 nitrogen and oxygen atoms in total. The lowest BCUT2D eigenvalue weighted by molar-refractivity contribution is -0.138. The molecule has 7 amide bonds. The number of urea groups is 1. The molecule has 18 heteroatoms. The fourth-order valence-electron chi connectivity index (χ4n) is 5.34. The van der Waals surface area contributed by atoms with Gasteiger partial charge in [0.1, 0.15) is 24.5 Å². The van der Waals surface area contributed by atoms with Crippen LogP contribution in [0.15, 0.2) is 24.3 Å². The smallest absolute Gasteiger partial charge is 0.367 e. The molecule has 0 spiro atoms. The van der Waals surface area contributed by atoms with Gasteiger partial charge in [-0.1, -0.05) is 32.4 Å². The number of nitrogens with zero attached hydrogens (tertiary/aromatic N) is 1. The number of rotatable bonds is 26. The Morgan fingerprint density at radius 1 is 0.926 bits per heavy atom. The van der Waals surface area contributed by atoms with E-state index in [0.29, 0.717) is 44.3 Å². The van der Waals surface area contributed by atoms with Crippen molar-refractivity contribution in [2.24, 2.45) is 11.7 Å². The summed E-state index contributed by atoms with van der Waals surface area (Å²) in [6, 6.07) is 4.02. The van der Waals surface area contributed by atoms with E-state index in [9.17, 15) is 38.4 Å². The van der Waals surface area contributed by atoms with Crippen LogP contribution in [0.3, 0.4) is 0 Å². The van der Waals surface area contributed by atoms with Crippen molar-refractivity contribution in [2.45, 2.75) is 102 Å². The number of imide groups is 1. The molecule has 3 atom stereocenters. The van der Waals surface area contributed by atoms with Crippen molar-refractivity contribution in [3.63, 3.8) is 0 Å². The van der Waals surface area contributed by atoms with Crippen molar-refractivity contribution in [1.82, 2.24) is 20.9 Å². The summed E-state index contributed by atoms with van der Waals surface area (Å²) < 4.78 is 4.53. The van der Waals surface area contributed by atoms with E-state index < -0.39 is 33.9 Å². The third-order valence-electron chi connectivity index (χ3n) is 8.28. The molecular weight excluding hydrogens is 851 g/mol. The predicted octanol–water partition coefficient (Wildman–Crippen LogP) is 4.29. The first-order chi connectivity index (χ1) is 25.7. The number of hydrogen-bond acceptors (Lipinski definition) is 11. The number of carbonyl (C=O) groups excluding carboxylic acids is 8. The molecule has 1 unspecified atom stereocenters. The van der Waals surface area contributed by atoms with E-state index in [1.807, 2.05) is 0 Å². The zero-order valence-electron chi connectivity index (χ0n) is 31.1. The summed E-state index contributed by atoms with van der Waals surface area (Å²) in [5.41, 5.74) is 6.32. The highest BCUT2D eigenvalue weighted by Gasteiger charge is 2.38. The first kappa shape index (κ1) is 46.8. The molecule has 1 saturated heterocycles. The van der Waals surface area contributed by atoms with Gasteiger partial charge >= 0.3 is 10.0 Å². The van der Waals surface area contributed by atoms with Crippen LogP contribution in [-0.2, 0) is 40.1 Å². The van der Waals surface area contributed by atoms with Crippen LogP contribution in [-0.4, -0.2) is 97.9 Å². The lowest BCUT2D eigenvalue weighted by atomic mass is 10.0. The minimum Gasteiger partial charge on any atom is -0.453 e. The number of anilines is 1. The minimum atomic E-state index is -0.999. The van der Waals surface area contributed by atoms with Gasteiger partial charge in [-0.05, 0) is 74.1 Å². The first-order valence-electron chi connectivity index (χ1n) is 18.1. The third kappa shape index (κ3) is 18.8. The van der Waals surface area contributed by atoms with E-state index in [1.165, 1.54) is 39.3 Å². The Labute approximate surface area is 339 Å². The quantitative estimate of drug-likeness (QED) is 0.0382. The number of hydrogen-bond donors (Lipinski definition) is 5. The number of likely N-dealkylation sites (tertiary alicyclic amines) is 1. The van der Waals surface area contributed by atoms with Crippen molar-refractivity contribution >= 4 is 97.1 Å². The number of Topliss-reactive ketones (excluding diaryl/α,β-unsaturated/α-hetero) is 1. The molecule has 54 heavy (non-hydrogen) atoms. The number of amides is 7. The molecule has 1 aliphatic rings. The van der Waals surface area contributed by atoms with Crippen LogP contribution in [0.25, 0.3) is 0 Å². The van der Waals surface area contributed by atoms with Gasteiger partial charge < -0.3 is 31.7 Å². The molecule has 1 heterocycles. The lowest BCUT2D eigenvalue weighted by Crippen LogP contribution is -2.54. The molecule has 0 aliphatic carbocycles. The fourth-order valence-corrected chi connectivity index (χ4v) is 7.79. The van der Waals surface area contributed by atoms with Crippen molar-refractivity contribution in [3.8, 4) is 0 Å². The highest BCUT2D eigenvalue weighted by Crippen LogP contribution is 2.26. The van der Waals surface area contributed by atoms with Crippen molar-refractivity contribution in [1.29, 1.82) is 0 Å². The second-order valence-corrected chi connectivity index (χ2v) is 16.6. The fraction of sp³-hybridized carbons (Fsp3) is 0.611. The van der Waals surface area contributed by atoms with Gasteiger partial charge in [-0.25, -0.2) is 9.59 Å². The lowest BCUT2D eigenvalue weighted by Gasteiger charge is -2.25. The van der Waals surface area contributed by atoms with Gasteiger partial charge in [0.05, 0.1) is 27.8 Å². The molecule has 0 aromatic heterocycles. The van der Waals surface area contributed by atoms with Gasteiger partial charge in [-0.15, -0.1) is 11.8 Å². The van der Waals surface area contributed by atoms with Crippen molar-refractivity contribution in [3.05, 3.63) is 29.8 Å². The number of halogens is 1. The monoisotopic (exact) mass is 904 g/mol. The second-order valence-electron chi connectivity index (χ2n) is 13.2. The Bertz CT molecular complexity index is 1450. The van der Waals surface area contributed by atoms with Gasteiger partial charge in [-0.2, -0.15) is 11.8 Å². The Kier molecular flexibility index (Phi) is 22.2. The molecule has 6 N–H and O–H groups in total. The van der Waals surface area contributed by atoms with E-state index in [1.54, 1.807) is 56.8 Å².